The predicted octanol–water partition coefficient (Wildman–Crippen LogP) is 4.71. The molecule has 2 aromatic carbocycles. The van der Waals surface area contributed by atoms with Crippen LogP contribution < -0.4 is 10.6 Å². The van der Waals surface area contributed by atoms with Gasteiger partial charge in [0.05, 0.1) is 6.42 Å². The van der Waals surface area contributed by atoms with Gasteiger partial charge in [-0.25, -0.2) is 0 Å². The Morgan fingerprint density at radius 1 is 0.966 bits per heavy atom. The van der Waals surface area contributed by atoms with Gasteiger partial charge < -0.3 is 15.2 Å². The van der Waals surface area contributed by atoms with Gasteiger partial charge in [-0.2, -0.15) is 0 Å². The average molecular weight is 391 g/mol. The van der Waals surface area contributed by atoms with Gasteiger partial charge in [-0.3, -0.25) is 9.59 Å². The molecule has 6 nitrogen and oxygen atoms in total. The van der Waals surface area contributed by atoms with Crippen LogP contribution in [-0.2, 0) is 16.6 Å². The molecule has 0 radical (unpaired) electrons. The van der Waals surface area contributed by atoms with Crippen LogP contribution in [0.3, 0.4) is 0 Å². The van der Waals surface area contributed by atoms with E-state index in [0.29, 0.717) is 22.8 Å². The highest BCUT2D eigenvalue weighted by Gasteiger charge is 2.20. The Morgan fingerprint density at radius 3 is 2.21 bits per heavy atom. The molecule has 1 heterocycles. The molecule has 0 aliphatic carbocycles. The largest absolute Gasteiger partial charge is 0.359 e. The zero-order valence-electron chi connectivity index (χ0n) is 17.1. The smallest absolute Gasteiger partial charge is 0.255 e. The average Bonchev–Trinajstić information content (AvgIpc) is 3.12. The van der Waals surface area contributed by atoms with E-state index in [1.165, 1.54) is 0 Å². The summed E-state index contributed by atoms with van der Waals surface area (Å²) in [4.78, 5) is 24.5. The van der Waals surface area contributed by atoms with E-state index in [-0.39, 0.29) is 23.7 Å². The van der Waals surface area contributed by atoms with Gasteiger partial charge in [0.2, 0.25) is 5.91 Å². The Morgan fingerprint density at radius 2 is 1.62 bits per heavy atom. The van der Waals surface area contributed by atoms with Crippen molar-refractivity contribution >= 4 is 23.3 Å². The van der Waals surface area contributed by atoms with Crippen molar-refractivity contribution in [2.45, 2.75) is 39.5 Å². The molecule has 3 rings (SSSR count). The second-order valence-electron chi connectivity index (χ2n) is 8.07. The lowest BCUT2D eigenvalue weighted by Gasteiger charge is -2.12. The molecule has 3 aromatic rings. The molecule has 1 aromatic heterocycles. The van der Waals surface area contributed by atoms with Gasteiger partial charge in [-0.1, -0.05) is 55.8 Å². The Bertz CT molecular complexity index is 997. The van der Waals surface area contributed by atoms with E-state index in [2.05, 4.69) is 15.8 Å². The molecule has 6 heteroatoms. The van der Waals surface area contributed by atoms with E-state index >= 15 is 0 Å². The molecule has 0 atom stereocenters. The minimum absolute atomic E-state index is 0.170. The first kappa shape index (κ1) is 20.3. The Hall–Kier alpha value is -3.41. The van der Waals surface area contributed by atoms with Crippen LogP contribution in [0.25, 0.3) is 0 Å². The van der Waals surface area contributed by atoms with Crippen molar-refractivity contribution in [1.29, 1.82) is 0 Å². The maximum absolute atomic E-state index is 12.3. The van der Waals surface area contributed by atoms with E-state index in [1.54, 1.807) is 30.3 Å². The van der Waals surface area contributed by atoms with Gasteiger partial charge in [-0.05, 0) is 36.8 Å². The number of carbonyl (C=O) groups excluding carboxylic acids is 2. The molecular formula is C23H25N3O3. The van der Waals surface area contributed by atoms with Gasteiger partial charge in [0.15, 0.2) is 5.82 Å². The maximum Gasteiger partial charge on any atom is 0.255 e. The first-order chi connectivity index (χ1) is 13.7. The van der Waals surface area contributed by atoms with Crippen LogP contribution in [0.1, 0.15) is 48.0 Å². The summed E-state index contributed by atoms with van der Waals surface area (Å²) in [5.41, 5.74) is 3.03. The molecule has 0 fully saturated rings. The number of benzene rings is 2. The van der Waals surface area contributed by atoms with E-state index in [0.717, 1.165) is 11.1 Å². The summed E-state index contributed by atoms with van der Waals surface area (Å²) >= 11 is 0. The molecule has 150 valence electrons. The number of rotatable bonds is 5. The monoisotopic (exact) mass is 391 g/mol. The fraction of sp³-hybridized carbons (Fsp3) is 0.261. The number of hydrogen-bond donors (Lipinski definition) is 2. The van der Waals surface area contributed by atoms with E-state index < -0.39 is 0 Å². The van der Waals surface area contributed by atoms with Gasteiger partial charge in [0, 0.05) is 22.7 Å². The van der Waals surface area contributed by atoms with Crippen molar-refractivity contribution in [3.63, 3.8) is 0 Å². The van der Waals surface area contributed by atoms with Gasteiger partial charge in [0.1, 0.15) is 5.76 Å². The topological polar surface area (TPSA) is 84.2 Å². The standard InChI is InChI=1S/C23H25N3O3/c1-15-5-9-17(10-6-15)22(28)24-18-11-7-16(8-12-18)13-21(27)25-20-14-19(29-26-20)23(2,3)4/h5-12,14H,13H2,1-4H3,(H,24,28)(H,25,26,27). The molecule has 0 spiro atoms. The lowest BCUT2D eigenvalue weighted by molar-refractivity contribution is -0.115. The first-order valence-electron chi connectivity index (χ1n) is 9.45. The van der Waals surface area contributed by atoms with Crippen LogP contribution in [0.15, 0.2) is 59.1 Å². The third-order valence-corrected chi connectivity index (χ3v) is 4.41. The quantitative estimate of drug-likeness (QED) is 0.659. The lowest BCUT2D eigenvalue weighted by atomic mass is 9.93. The second kappa shape index (κ2) is 8.31. The Kier molecular flexibility index (Phi) is 5.82. The molecule has 0 bridgehead atoms. The van der Waals surface area contributed by atoms with Crippen molar-refractivity contribution in [1.82, 2.24) is 5.16 Å². The van der Waals surface area contributed by atoms with Crippen LogP contribution in [0.2, 0.25) is 0 Å². The second-order valence-corrected chi connectivity index (χ2v) is 8.07. The van der Waals surface area contributed by atoms with Crippen molar-refractivity contribution in [2.75, 3.05) is 10.6 Å². The van der Waals surface area contributed by atoms with E-state index in [4.69, 9.17) is 4.52 Å². The third kappa shape index (κ3) is 5.54. The van der Waals surface area contributed by atoms with Crippen molar-refractivity contribution < 1.29 is 14.1 Å². The molecule has 0 aliphatic rings. The fourth-order valence-corrected chi connectivity index (χ4v) is 2.67. The van der Waals surface area contributed by atoms with Crippen LogP contribution in [0, 0.1) is 6.92 Å². The van der Waals surface area contributed by atoms with E-state index in [9.17, 15) is 9.59 Å². The maximum atomic E-state index is 12.3. The van der Waals surface area contributed by atoms with Crippen molar-refractivity contribution in [3.05, 3.63) is 77.0 Å². The molecule has 0 saturated carbocycles. The molecule has 2 amide bonds. The molecule has 0 unspecified atom stereocenters. The third-order valence-electron chi connectivity index (χ3n) is 4.41. The van der Waals surface area contributed by atoms with Crippen LogP contribution in [-0.4, -0.2) is 17.0 Å². The zero-order chi connectivity index (χ0) is 21.0. The normalized spacial score (nSPS) is 11.2. The van der Waals surface area contributed by atoms with Gasteiger partial charge >= 0.3 is 0 Å². The summed E-state index contributed by atoms with van der Waals surface area (Å²) in [6.07, 6.45) is 0.198. The predicted molar refractivity (Wildman–Crippen MR) is 113 cm³/mol. The first-order valence-corrected chi connectivity index (χ1v) is 9.45. The number of anilines is 2. The summed E-state index contributed by atoms with van der Waals surface area (Å²) in [5.74, 6) is 0.759. The lowest BCUT2D eigenvalue weighted by Crippen LogP contribution is -2.15. The fourth-order valence-electron chi connectivity index (χ4n) is 2.67. The number of nitrogens with one attached hydrogen (secondary N) is 2. The molecular weight excluding hydrogens is 366 g/mol. The Labute approximate surface area is 170 Å². The SMILES string of the molecule is Cc1ccc(C(=O)Nc2ccc(CC(=O)Nc3cc(C(C)(C)C)on3)cc2)cc1. The highest BCUT2D eigenvalue weighted by Crippen LogP contribution is 2.24. The zero-order valence-corrected chi connectivity index (χ0v) is 17.1. The van der Waals surface area contributed by atoms with Gasteiger partial charge in [-0.15, -0.1) is 0 Å². The van der Waals surface area contributed by atoms with Crippen molar-refractivity contribution in [2.24, 2.45) is 0 Å². The number of carbonyl (C=O) groups is 2. The molecule has 0 saturated heterocycles. The summed E-state index contributed by atoms with van der Waals surface area (Å²) in [6.45, 7) is 8.01. The Balaban J connectivity index is 1.56. The van der Waals surface area contributed by atoms with E-state index in [1.807, 2.05) is 52.0 Å². The highest BCUT2D eigenvalue weighted by molar-refractivity contribution is 6.04. The summed E-state index contributed by atoms with van der Waals surface area (Å²) in [7, 11) is 0. The molecule has 2 N–H and O–H groups in total. The highest BCUT2D eigenvalue weighted by atomic mass is 16.5. The van der Waals surface area contributed by atoms with Crippen LogP contribution in [0.4, 0.5) is 11.5 Å². The van der Waals surface area contributed by atoms with Crippen LogP contribution in [0.5, 0.6) is 0 Å². The molecule has 0 aliphatic heterocycles. The minimum Gasteiger partial charge on any atom is -0.359 e. The minimum atomic E-state index is -0.185. The van der Waals surface area contributed by atoms with Gasteiger partial charge in [0.25, 0.3) is 5.91 Å². The van der Waals surface area contributed by atoms with Crippen molar-refractivity contribution in [3.8, 4) is 0 Å². The molecule has 29 heavy (non-hydrogen) atoms. The summed E-state index contributed by atoms with van der Waals surface area (Å²) < 4.78 is 5.27. The number of nitrogens with zero attached hydrogens (tertiary/aromatic N) is 1. The number of amides is 2. The number of hydrogen-bond acceptors (Lipinski definition) is 4. The summed E-state index contributed by atoms with van der Waals surface area (Å²) in [6, 6.07) is 16.3. The summed E-state index contributed by atoms with van der Waals surface area (Å²) in [5, 5.41) is 9.49. The number of aromatic nitrogens is 1. The number of aryl methyl sites for hydroxylation is 1. The van der Waals surface area contributed by atoms with Crippen LogP contribution >= 0.6 is 0 Å².